The Kier molecular flexibility index (Phi) is 3.46. The first-order chi connectivity index (χ1) is 11.3. The maximum atomic E-state index is 13.2. The first-order valence-corrected chi connectivity index (χ1v) is 7.66. The molecule has 0 saturated heterocycles. The van der Waals surface area contributed by atoms with Gasteiger partial charge in [-0.15, -0.1) is 0 Å². The highest BCUT2D eigenvalue weighted by Crippen LogP contribution is 2.25. The van der Waals surface area contributed by atoms with Crippen molar-refractivity contribution in [3.8, 4) is 5.75 Å². The van der Waals surface area contributed by atoms with E-state index in [-0.39, 0.29) is 5.82 Å². The third-order valence-electron chi connectivity index (χ3n) is 4.07. The van der Waals surface area contributed by atoms with Crippen molar-refractivity contribution in [1.82, 2.24) is 4.57 Å². The highest BCUT2D eigenvalue weighted by Gasteiger charge is 2.04. The minimum Gasteiger partial charge on any atom is -0.491 e. The van der Waals surface area contributed by atoms with Crippen molar-refractivity contribution in [1.29, 1.82) is 0 Å². The second-order valence-corrected chi connectivity index (χ2v) is 5.54. The molecule has 3 aromatic carbocycles. The summed E-state index contributed by atoms with van der Waals surface area (Å²) in [4.78, 5) is 0. The van der Waals surface area contributed by atoms with Gasteiger partial charge in [0.15, 0.2) is 0 Å². The van der Waals surface area contributed by atoms with Gasteiger partial charge in [-0.1, -0.05) is 36.4 Å². The first kappa shape index (κ1) is 13.8. The summed E-state index contributed by atoms with van der Waals surface area (Å²) in [5, 5.41) is 3.21. The quantitative estimate of drug-likeness (QED) is 0.517. The molecule has 1 heterocycles. The molecule has 0 aliphatic heterocycles. The maximum Gasteiger partial charge on any atom is 0.127 e. The van der Waals surface area contributed by atoms with Crippen molar-refractivity contribution >= 4 is 21.7 Å². The van der Waals surface area contributed by atoms with Crippen LogP contribution in [0.2, 0.25) is 0 Å². The van der Waals surface area contributed by atoms with Gasteiger partial charge in [-0.3, -0.25) is 0 Å². The monoisotopic (exact) mass is 305 g/mol. The Morgan fingerprint density at radius 1 is 0.870 bits per heavy atom. The van der Waals surface area contributed by atoms with Crippen LogP contribution in [0.15, 0.2) is 72.9 Å². The minimum absolute atomic E-state index is 0.206. The van der Waals surface area contributed by atoms with Crippen molar-refractivity contribution in [3.05, 3.63) is 78.7 Å². The number of ether oxygens (including phenoxy) is 1. The van der Waals surface area contributed by atoms with Crippen LogP contribution in [0.3, 0.4) is 0 Å². The van der Waals surface area contributed by atoms with Gasteiger partial charge in [0.05, 0.1) is 6.54 Å². The summed E-state index contributed by atoms with van der Waals surface area (Å²) in [5.41, 5.74) is 1.02. The highest BCUT2D eigenvalue weighted by molar-refractivity contribution is 5.88. The van der Waals surface area contributed by atoms with Crippen LogP contribution in [0.1, 0.15) is 0 Å². The van der Waals surface area contributed by atoms with Crippen molar-refractivity contribution in [3.63, 3.8) is 0 Å². The molecule has 0 aliphatic rings. The van der Waals surface area contributed by atoms with Crippen molar-refractivity contribution in [2.45, 2.75) is 6.54 Å². The van der Waals surface area contributed by atoms with Gasteiger partial charge < -0.3 is 9.30 Å². The lowest BCUT2D eigenvalue weighted by Crippen LogP contribution is -2.07. The third kappa shape index (κ3) is 2.66. The fourth-order valence-corrected chi connectivity index (χ4v) is 2.94. The number of hydrogen-bond donors (Lipinski definition) is 0. The fraction of sp³-hybridized carbons (Fsp3) is 0.100. The number of hydrogen-bond acceptors (Lipinski definition) is 1. The Hall–Kier alpha value is -2.81. The number of fused-ring (bicyclic) bond motifs is 2. The molecule has 0 spiro atoms. The Balaban J connectivity index is 1.52. The predicted molar refractivity (Wildman–Crippen MR) is 91.3 cm³/mol. The molecule has 1 aromatic heterocycles. The molecule has 4 rings (SSSR count). The van der Waals surface area contributed by atoms with E-state index in [1.54, 1.807) is 6.07 Å². The summed E-state index contributed by atoms with van der Waals surface area (Å²) in [6, 6.07) is 21.0. The number of aromatic nitrogens is 1. The predicted octanol–water partition coefficient (Wildman–Crippen LogP) is 5.01. The Morgan fingerprint density at radius 2 is 1.74 bits per heavy atom. The molecule has 3 heteroatoms. The standard InChI is InChI=1S/C20H16FNO/c21-17-8-9-19-16(14-17)10-11-22(19)12-13-23-20-7-3-5-15-4-1-2-6-18(15)20/h1-11,14H,12-13H2. The second kappa shape index (κ2) is 5.76. The van der Waals surface area contributed by atoms with Gasteiger partial charge in [0.1, 0.15) is 18.2 Å². The Morgan fingerprint density at radius 3 is 2.70 bits per heavy atom. The van der Waals surface area contributed by atoms with Crippen molar-refractivity contribution in [2.24, 2.45) is 0 Å². The van der Waals surface area contributed by atoms with Gasteiger partial charge in [-0.05, 0) is 35.7 Å². The normalized spacial score (nSPS) is 11.2. The van der Waals surface area contributed by atoms with Gasteiger partial charge in [-0.25, -0.2) is 4.39 Å². The Labute approximate surface area is 133 Å². The van der Waals surface area contributed by atoms with E-state index in [0.29, 0.717) is 6.61 Å². The number of nitrogens with zero attached hydrogens (tertiary/aromatic N) is 1. The lowest BCUT2D eigenvalue weighted by molar-refractivity contribution is 0.304. The number of rotatable bonds is 4. The highest BCUT2D eigenvalue weighted by atomic mass is 19.1. The molecule has 0 aliphatic carbocycles. The largest absolute Gasteiger partial charge is 0.491 e. The molecule has 0 atom stereocenters. The Bertz CT molecular complexity index is 968. The molecule has 23 heavy (non-hydrogen) atoms. The van der Waals surface area contributed by atoms with E-state index in [0.717, 1.165) is 28.6 Å². The van der Waals surface area contributed by atoms with Crippen LogP contribution in [0.4, 0.5) is 4.39 Å². The first-order valence-electron chi connectivity index (χ1n) is 7.66. The molecule has 0 saturated carbocycles. The summed E-state index contributed by atoms with van der Waals surface area (Å²) in [5.74, 6) is 0.688. The molecule has 2 nitrogen and oxygen atoms in total. The zero-order valence-electron chi connectivity index (χ0n) is 12.6. The summed E-state index contributed by atoms with van der Waals surface area (Å²) >= 11 is 0. The SMILES string of the molecule is Fc1ccc2c(ccn2CCOc2cccc3ccccc23)c1. The molecule has 0 amide bonds. The average molecular weight is 305 g/mol. The van der Waals surface area contributed by atoms with E-state index < -0.39 is 0 Å². The summed E-state index contributed by atoms with van der Waals surface area (Å²) in [7, 11) is 0. The molecular weight excluding hydrogens is 289 g/mol. The van der Waals surface area contributed by atoms with E-state index in [1.807, 2.05) is 42.6 Å². The molecule has 0 radical (unpaired) electrons. The topological polar surface area (TPSA) is 14.2 Å². The zero-order valence-corrected chi connectivity index (χ0v) is 12.6. The molecule has 114 valence electrons. The molecule has 0 N–H and O–H groups in total. The summed E-state index contributed by atoms with van der Waals surface area (Å²) in [6.45, 7) is 1.29. The second-order valence-electron chi connectivity index (χ2n) is 5.54. The zero-order chi connectivity index (χ0) is 15.6. The van der Waals surface area contributed by atoms with Crippen LogP contribution < -0.4 is 4.74 Å². The van der Waals surface area contributed by atoms with E-state index in [4.69, 9.17) is 4.74 Å². The van der Waals surface area contributed by atoms with Gasteiger partial charge in [0, 0.05) is 22.5 Å². The van der Waals surface area contributed by atoms with Gasteiger partial charge in [0.25, 0.3) is 0 Å². The van der Waals surface area contributed by atoms with E-state index in [2.05, 4.69) is 22.8 Å². The maximum absolute atomic E-state index is 13.2. The van der Waals surface area contributed by atoms with E-state index in [9.17, 15) is 4.39 Å². The molecule has 0 bridgehead atoms. The summed E-state index contributed by atoms with van der Waals surface area (Å²) in [6.07, 6.45) is 1.97. The van der Waals surface area contributed by atoms with Gasteiger partial charge in [0.2, 0.25) is 0 Å². The van der Waals surface area contributed by atoms with Crippen LogP contribution in [0.25, 0.3) is 21.7 Å². The minimum atomic E-state index is -0.206. The average Bonchev–Trinajstić information content (AvgIpc) is 2.97. The summed E-state index contributed by atoms with van der Waals surface area (Å²) < 4.78 is 21.3. The van der Waals surface area contributed by atoms with Gasteiger partial charge >= 0.3 is 0 Å². The number of halogens is 1. The fourth-order valence-electron chi connectivity index (χ4n) is 2.94. The smallest absolute Gasteiger partial charge is 0.127 e. The molecular formula is C20H16FNO. The van der Waals surface area contributed by atoms with Crippen LogP contribution in [0, 0.1) is 5.82 Å². The van der Waals surface area contributed by atoms with Crippen LogP contribution in [0.5, 0.6) is 5.75 Å². The van der Waals surface area contributed by atoms with Crippen LogP contribution >= 0.6 is 0 Å². The van der Waals surface area contributed by atoms with E-state index >= 15 is 0 Å². The van der Waals surface area contributed by atoms with Crippen LogP contribution in [-0.4, -0.2) is 11.2 Å². The molecule has 0 fully saturated rings. The lowest BCUT2D eigenvalue weighted by atomic mass is 10.1. The van der Waals surface area contributed by atoms with Gasteiger partial charge in [-0.2, -0.15) is 0 Å². The van der Waals surface area contributed by atoms with E-state index in [1.165, 1.54) is 11.5 Å². The van der Waals surface area contributed by atoms with Crippen molar-refractivity contribution in [2.75, 3.05) is 6.61 Å². The molecule has 0 unspecified atom stereocenters. The third-order valence-corrected chi connectivity index (χ3v) is 4.07. The molecule has 4 aromatic rings. The lowest BCUT2D eigenvalue weighted by Gasteiger charge is -2.10. The van der Waals surface area contributed by atoms with Crippen LogP contribution in [-0.2, 0) is 6.54 Å². The van der Waals surface area contributed by atoms with Crippen molar-refractivity contribution < 1.29 is 9.13 Å². The number of benzene rings is 3.